The highest BCUT2D eigenvalue weighted by Crippen LogP contribution is 2.29. The molecule has 0 saturated heterocycles. The van der Waals surface area contributed by atoms with Crippen molar-refractivity contribution in [1.82, 2.24) is 10.6 Å². The Labute approximate surface area is 208 Å². The first-order valence-electron chi connectivity index (χ1n) is 12.2. The van der Waals surface area contributed by atoms with Crippen LogP contribution in [0.5, 0.6) is 0 Å². The molecule has 0 unspecified atom stereocenters. The third-order valence-electron chi connectivity index (χ3n) is 6.10. The quantitative estimate of drug-likeness (QED) is 0.636. The summed E-state index contributed by atoms with van der Waals surface area (Å²) in [6.07, 6.45) is 0.460. The van der Waals surface area contributed by atoms with E-state index in [9.17, 15) is 14.4 Å². The first-order valence-corrected chi connectivity index (χ1v) is 12.2. The number of hydrogen-bond acceptors (Lipinski definition) is 4. The second kappa shape index (κ2) is 10.9. The first-order chi connectivity index (χ1) is 16.5. The van der Waals surface area contributed by atoms with Crippen molar-refractivity contribution >= 4 is 23.6 Å². The number of ether oxygens (including phenoxy) is 1. The number of nitrogens with one attached hydrogen (secondary N) is 2. The maximum Gasteiger partial charge on any atom is 0.408 e. The Morgan fingerprint density at radius 2 is 1.63 bits per heavy atom. The molecule has 1 heterocycles. The largest absolute Gasteiger partial charge is 0.444 e. The predicted molar refractivity (Wildman–Crippen MR) is 137 cm³/mol. The van der Waals surface area contributed by atoms with Crippen LogP contribution in [0, 0.1) is 0 Å². The van der Waals surface area contributed by atoms with Crippen LogP contribution in [-0.2, 0) is 20.7 Å². The summed E-state index contributed by atoms with van der Waals surface area (Å²) in [4.78, 5) is 41.5. The molecule has 0 spiro atoms. The van der Waals surface area contributed by atoms with Gasteiger partial charge in [-0.15, -0.1) is 0 Å². The van der Waals surface area contributed by atoms with Crippen LogP contribution >= 0.6 is 0 Å². The Kier molecular flexibility index (Phi) is 8.20. The summed E-state index contributed by atoms with van der Waals surface area (Å²) in [5, 5.41) is 5.69. The molecule has 188 valence electrons. The van der Waals surface area contributed by atoms with Crippen molar-refractivity contribution in [2.24, 2.45) is 0 Å². The minimum absolute atomic E-state index is 0.0694. The lowest BCUT2D eigenvalue weighted by molar-refractivity contribution is -0.129. The molecule has 0 aliphatic carbocycles. The number of rotatable bonds is 6. The van der Waals surface area contributed by atoms with Gasteiger partial charge < -0.3 is 20.3 Å². The molecule has 0 aromatic heterocycles. The van der Waals surface area contributed by atoms with Crippen LogP contribution in [0.25, 0.3) is 0 Å². The van der Waals surface area contributed by atoms with E-state index in [2.05, 4.69) is 10.6 Å². The zero-order valence-corrected chi connectivity index (χ0v) is 21.5. The zero-order chi connectivity index (χ0) is 25.8. The van der Waals surface area contributed by atoms with Crippen molar-refractivity contribution in [3.05, 3.63) is 65.7 Å². The minimum atomic E-state index is -0.918. The van der Waals surface area contributed by atoms with Crippen molar-refractivity contribution in [3.8, 4) is 0 Å². The zero-order valence-electron chi connectivity index (χ0n) is 21.5. The lowest BCUT2D eigenvalue weighted by Crippen LogP contribution is -2.56. The third kappa shape index (κ3) is 6.62. The van der Waals surface area contributed by atoms with Gasteiger partial charge >= 0.3 is 6.09 Å². The molecule has 3 rings (SSSR count). The van der Waals surface area contributed by atoms with E-state index in [1.54, 1.807) is 25.7 Å². The Hall–Kier alpha value is -3.35. The van der Waals surface area contributed by atoms with E-state index in [1.165, 1.54) is 0 Å². The normalized spacial score (nSPS) is 17.7. The molecule has 35 heavy (non-hydrogen) atoms. The number of benzene rings is 2. The third-order valence-corrected chi connectivity index (χ3v) is 6.10. The number of nitrogens with zero attached hydrogens (tertiary/aromatic N) is 1. The van der Waals surface area contributed by atoms with E-state index in [4.69, 9.17) is 4.74 Å². The highest BCUT2D eigenvalue weighted by molar-refractivity contribution is 6.01. The number of hydrogen-bond donors (Lipinski definition) is 2. The molecule has 0 radical (unpaired) electrons. The van der Waals surface area contributed by atoms with Crippen LogP contribution < -0.4 is 15.5 Å². The van der Waals surface area contributed by atoms with E-state index in [1.807, 2.05) is 75.4 Å². The van der Waals surface area contributed by atoms with Crippen LogP contribution in [0.4, 0.5) is 10.5 Å². The van der Waals surface area contributed by atoms with Gasteiger partial charge in [-0.25, -0.2) is 4.79 Å². The SMILES string of the molecule is CC(C)N1C(=O)[C@H](NC(=O)[C@H](NC(=O)OC(C)(C)C)[C@H](C)c2ccccc2)CCc2ccccc21. The molecule has 0 fully saturated rings. The molecule has 3 amide bonds. The molecular formula is C28H37N3O4. The number of anilines is 1. The van der Waals surface area contributed by atoms with Crippen molar-refractivity contribution in [3.63, 3.8) is 0 Å². The number of carbonyl (C=O) groups is 3. The maximum atomic E-state index is 13.6. The van der Waals surface area contributed by atoms with Crippen LogP contribution in [0.1, 0.15) is 65.0 Å². The first kappa shape index (κ1) is 26.3. The average molecular weight is 480 g/mol. The van der Waals surface area contributed by atoms with E-state index in [0.717, 1.165) is 16.8 Å². The van der Waals surface area contributed by atoms with Gasteiger partial charge in [0, 0.05) is 17.6 Å². The molecule has 2 aromatic carbocycles. The summed E-state index contributed by atoms with van der Waals surface area (Å²) in [5.74, 6) is -0.912. The lowest BCUT2D eigenvalue weighted by atomic mass is 9.92. The van der Waals surface area contributed by atoms with Gasteiger partial charge in [0.05, 0.1) is 0 Å². The minimum Gasteiger partial charge on any atom is -0.444 e. The van der Waals surface area contributed by atoms with Gasteiger partial charge in [-0.05, 0) is 64.7 Å². The smallest absolute Gasteiger partial charge is 0.408 e. The molecule has 7 heteroatoms. The van der Waals surface area contributed by atoms with Crippen LogP contribution in [0.15, 0.2) is 54.6 Å². The van der Waals surface area contributed by atoms with Gasteiger partial charge in [0.15, 0.2) is 0 Å². The average Bonchev–Trinajstić information content (AvgIpc) is 2.93. The predicted octanol–water partition coefficient (Wildman–Crippen LogP) is 4.56. The Morgan fingerprint density at radius 3 is 2.26 bits per heavy atom. The Morgan fingerprint density at radius 1 is 1.00 bits per heavy atom. The molecule has 1 aliphatic rings. The van der Waals surface area contributed by atoms with Gasteiger partial charge in [0.1, 0.15) is 17.7 Å². The fraction of sp³-hybridized carbons (Fsp3) is 0.464. The standard InChI is InChI=1S/C28H37N3O4/c1-18(2)31-23-15-11-10-14-21(23)16-17-22(26(31)33)29-25(32)24(30-27(34)35-28(4,5)6)19(3)20-12-8-7-9-13-20/h7-15,18-19,22,24H,16-17H2,1-6H3,(H,29,32)(H,30,34)/t19-,22-,24-/m1/s1. The second-order valence-electron chi connectivity index (χ2n) is 10.4. The number of amides is 3. The van der Waals surface area contributed by atoms with Crippen molar-refractivity contribution in [2.45, 2.75) is 84.0 Å². The van der Waals surface area contributed by atoms with Crippen molar-refractivity contribution in [1.29, 1.82) is 0 Å². The molecule has 3 atom stereocenters. The second-order valence-corrected chi connectivity index (χ2v) is 10.4. The molecule has 2 N–H and O–H groups in total. The summed E-state index contributed by atoms with van der Waals surface area (Å²) in [6, 6.07) is 15.7. The Bertz CT molecular complexity index is 1050. The fourth-order valence-electron chi connectivity index (χ4n) is 4.40. The van der Waals surface area contributed by atoms with Crippen LogP contribution in [0.2, 0.25) is 0 Å². The summed E-state index contributed by atoms with van der Waals surface area (Å²) in [7, 11) is 0. The number of para-hydroxylation sites is 1. The molecule has 0 saturated carbocycles. The molecule has 2 aromatic rings. The monoisotopic (exact) mass is 479 g/mol. The van der Waals surface area contributed by atoms with Crippen LogP contribution in [0.3, 0.4) is 0 Å². The molecular weight excluding hydrogens is 442 g/mol. The topological polar surface area (TPSA) is 87.7 Å². The number of aryl methyl sites for hydroxylation is 1. The van der Waals surface area contributed by atoms with Gasteiger partial charge in [-0.3, -0.25) is 9.59 Å². The number of carbonyl (C=O) groups excluding carboxylic acids is 3. The number of alkyl carbamates (subject to hydrolysis) is 1. The van der Waals surface area contributed by atoms with Gasteiger partial charge in [-0.1, -0.05) is 55.5 Å². The van der Waals surface area contributed by atoms with E-state index in [0.29, 0.717) is 12.8 Å². The maximum absolute atomic E-state index is 13.6. The molecule has 7 nitrogen and oxygen atoms in total. The summed E-state index contributed by atoms with van der Waals surface area (Å²) < 4.78 is 5.42. The Balaban J connectivity index is 1.85. The van der Waals surface area contributed by atoms with Crippen molar-refractivity contribution < 1.29 is 19.1 Å². The molecule has 0 bridgehead atoms. The highest BCUT2D eigenvalue weighted by Gasteiger charge is 2.36. The van der Waals surface area contributed by atoms with Crippen LogP contribution in [-0.4, -0.2) is 41.6 Å². The van der Waals surface area contributed by atoms with Gasteiger partial charge in [-0.2, -0.15) is 0 Å². The molecule has 1 aliphatic heterocycles. The van der Waals surface area contributed by atoms with Gasteiger partial charge in [0.25, 0.3) is 0 Å². The summed E-state index contributed by atoms with van der Waals surface area (Å²) >= 11 is 0. The van der Waals surface area contributed by atoms with Crippen molar-refractivity contribution in [2.75, 3.05) is 4.90 Å². The summed E-state index contributed by atoms with van der Waals surface area (Å²) in [6.45, 7) is 11.1. The fourth-order valence-corrected chi connectivity index (χ4v) is 4.40. The number of fused-ring (bicyclic) bond motifs is 1. The highest BCUT2D eigenvalue weighted by atomic mass is 16.6. The van der Waals surface area contributed by atoms with E-state index >= 15 is 0 Å². The summed E-state index contributed by atoms with van der Waals surface area (Å²) in [5.41, 5.74) is 2.15. The van der Waals surface area contributed by atoms with E-state index < -0.39 is 29.7 Å². The lowest BCUT2D eigenvalue weighted by Gasteiger charge is -2.31. The van der Waals surface area contributed by atoms with E-state index in [-0.39, 0.29) is 17.9 Å². The van der Waals surface area contributed by atoms with Gasteiger partial charge in [0.2, 0.25) is 11.8 Å².